The fraction of sp³-hybridized carbons (Fsp3) is 0.417. The molecule has 100 valence electrons. The highest BCUT2D eigenvalue weighted by molar-refractivity contribution is 7.92. The maximum absolute atomic E-state index is 11.9. The Balaban J connectivity index is 2.64. The Morgan fingerprint density at radius 1 is 1.28 bits per heavy atom. The van der Waals surface area contributed by atoms with Crippen molar-refractivity contribution in [3.05, 3.63) is 29.3 Å². The van der Waals surface area contributed by atoms with Gasteiger partial charge in [-0.25, -0.2) is 8.42 Å². The Bertz CT molecular complexity index is 497. The summed E-state index contributed by atoms with van der Waals surface area (Å²) in [6.07, 6.45) is 1.79. The molecule has 0 radical (unpaired) electrons. The zero-order chi connectivity index (χ0) is 13.6. The van der Waals surface area contributed by atoms with E-state index in [2.05, 4.69) is 5.32 Å². The summed E-state index contributed by atoms with van der Waals surface area (Å²) in [6.45, 7) is 2.50. The lowest BCUT2D eigenvalue weighted by molar-refractivity contribution is -0.118. The van der Waals surface area contributed by atoms with Crippen LogP contribution in [0.3, 0.4) is 0 Å². The number of sulfone groups is 1. The standard InChI is InChI=1S/C12H16ClNO3S/c1-2-3-8-14-12(15)9-18(16,17)11-6-4-10(13)5-7-11/h4-7H,2-3,8-9H2,1H3,(H,14,15). The fourth-order valence-corrected chi connectivity index (χ4v) is 2.64. The van der Waals surface area contributed by atoms with E-state index < -0.39 is 21.5 Å². The summed E-state index contributed by atoms with van der Waals surface area (Å²) in [5.41, 5.74) is 0. The Morgan fingerprint density at radius 3 is 2.44 bits per heavy atom. The molecule has 0 saturated carbocycles. The monoisotopic (exact) mass is 289 g/mol. The van der Waals surface area contributed by atoms with Crippen molar-refractivity contribution in [2.75, 3.05) is 12.3 Å². The number of unbranched alkanes of at least 4 members (excludes halogenated alkanes) is 1. The van der Waals surface area contributed by atoms with Gasteiger partial charge in [0.25, 0.3) is 0 Å². The summed E-state index contributed by atoms with van der Waals surface area (Å²) in [4.78, 5) is 11.6. The maximum atomic E-state index is 11.9. The average Bonchev–Trinajstić information content (AvgIpc) is 2.29. The predicted molar refractivity (Wildman–Crippen MR) is 71.4 cm³/mol. The van der Waals surface area contributed by atoms with Crippen molar-refractivity contribution in [3.8, 4) is 0 Å². The molecular formula is C12H16ClNO3S. The summed E-state index contributed by atoms with van der Waals surface area (Å²) >= 11 is 5.68. The van der Waals surface area contributed by atoms with E-state index in [1.165, 1.54) is 24.3 Å². The highest BCUT2D eigenvalue weighted by Gasteiger charge is 2.18. The molecule has 0 aromatic heterocycles. The molecule has 0 heterocycles. The minimum Gasteiger partial charge on any atom is -0.355 e. The lowest BCUT2D eigenvalue weighted by Gasteiger charge is -2.06. The summed E-state index contributed by atoms with van der Waals surface area (Å²) in [5, 5.41) is 3.04. The number of hydrogen-bond donors (Lipinski definition) is 1. The number of carbonyl (C=O) groups is 1. The SMILES string of the molecule is CCCCNC(=O)CS(=O)(=O)c1ccc(Cl)cc1. The van der Waals surface area contributed by atoms with Gasteiger partial charge in [0.2, 0.25) is 5.91 Å². The van der Waals surface area contributed by atoms with E-state index in [1.54, 1.807) is 0 Å². The van der Waals surface area contributed by atoms with E-state index in [0.717, 1.165) is 12.8 Å². The number of amides is 1. The van der Waals surface area contributed by atoms with E-state index in [1.807, 2.05) is 6.92 Å². The van der Waals surface area contributed by atoms with Gasteiger partial charge in [-0.05, 0) is 30.7 Å². The number of hydrogen-bond acceptors (Lipinski definition) is 3. The van der Waals surface area contributed by atoms with Gasteiger partial charge in [-0.2, -0.15) is 0 Å². The average molecular weight is 290 g/mol. The number of nitrogens with one attached hydrogen (secondary N) is 1. The molecule has 1 amide bonds. The zero-order valence-corrected chi connectivity index (χ0v) is 11.7. The third kappa shape index (κ3) is 4.66. The van der Waals surface area contributed by atoms with Gasteiger partial charge in [0, 0.05) is 11.6 Å². The van der Waals surface area contributed by atoms with Crippen LogP contribution in [0.25, 0.3) is 0 Å². The first kappa shape index (κ1) is 15.0. The molecule has 1 aromatic carbocycles. The molecule has 4 nitrogen and oxygen atoms in total. The molecule has 0 aliphatic heterocycles. The fourth-order valence-electron chi connectivity index (χ4n) is 1.35. The van der Waals surface area contributed by atoms with Crippen LogP contribution >= 0.6 is 11.6 Å². The molecule has 1 rings (SSSR count). The summed E-state index contributed by atoms with van der Waals surface area (Å²) in [7, 11) is -3.58. The molecule has 0 unspecified atom stereocenters. The molecule has 18 heavy (non-hydrogen) atoms. The molecule has 0 fully saturated rings. The van der Waals surface area contributed by atoms with E-state index >= 15 is 0 Å². The zero-order valence-electron chi connectivity index (χ0n) is 10.1. The van der Waals surface area contributed by atoms with Gasteiger partial charge in [0.1, 0.15) is 5.75 Å². The highest BCUT2D eigenvalue weighted by Crippen LogP contribution is 2.15. The largest absolute Gasteiger partial charge is 0.355 e. The Morgan fingerprint density at radius 2 is 1.89 bits per heavy atom. The molecule has 1 aromatic rings. The topological polar surface area (TPSA) is 63.2 Å². The number of benzene rings is 1. The Labute approximate surface area is 112 Å². The predicted octanol–water partition coefficient (Wildman–Crippen LogP) is 2.03. The molecule has 0 saturated heterocycles. The lowest BCUT2D eigenvalue weighted by Crippen LogP contribution is -2.31. The van der Waals surface area contributed by atoms with Crippen LogP contribution in [0.5, 0.6) is 0 Å². The van der Waals surface area contributed by atoms with Crippen molar-refractivity contribution < 1.29 is 13.2 Å². The third-order valence-electron chi connectivity index (χ3n) is 2.35. The maximum Gasteiger partial charge on any atom is 0.235 e. The Hall–Kier alpha value is -1.07. The normalized spacial score (nSPS) is 11.2. The van der Waals surface area contributed by atoms with Crippen LogP contribution in [0.4, 0.5) is 0 Å². The minimum absolute atomic E-state index is 0.109. The van der Waals surface area contributed by atoms with Crippen molar-refractivity contribution in [2.45, 2.75) is 24.7 Å². The first-order valence-corrected chi connectivity index (χ1v) is 7.74. The Kier molecular flexibility index (Phi) is 5.62. The van der Waals surface area contributed by atoms with Crippen LogP contribution in [0.1, 0.15) is 19.8 Å². The summed E-state index contributed by atoms with van der Waals surface area (Å²) < 4.78 is 23.8. The first-order chi connectivity index (χ1) is 8.45. The van der Waals surface area contributed by atoms with E-state index in [-0.39, 0.29) is 4.90 Å². The molecule has 0 atom stereocenters. The van der Waals surface area contributed by atoms with Gasteiger partial charge in [-0.1, -0.05) is 24.9 Å². The van der Waals surface area contributed by atoms with E-state index in [0.29, 0.717) is 11.6 Å². The third-order valence-corrected chi connectivity index (χ3v) is 4.23. The van der Waals surface area contributed by atoms with Crippen molar-refractivity contribution in [3.63, 3.8) is 0 Å². The smallest absolute Gasteiger partial charge is 0.235 e. The van der Waals surface area contributed by atoms with Gasteiger partial charge in [-0.15, -0.1) is 0 Å². The van der Waals surface area contributed by atoms with Crippen LogP contribution in [0.2, 0.25) is 5.02 Å². The van der Waals surface area contributed by atoms with Crippen LogP contribution in [-0.4, -0.2) is 26.6 Å². The van der Waals surface area contributed by atoms with E-state index in [9.17, 15) is 13.2 Å². The molecule has 6 heteroatoms. The van der Waals surface area contributed by atoms with Gasteiger partial charge < -0.3 is 5.32 Å². The van der Waals surface area contributed by atoms with Crippen molar-refractivity contribution >= 4 is 27.3 Å². The second-order valence-corrected chi connectivity index (χ2v) is 6.34. The van der Waals surface area contributed by atoms with Crippen LogP contribution in [-0.2, 0) is 14.6 Å². The molecule has 0 spiro atoms. The number of carbonyl (C=O) groups excluding carboxylic acids is 1. The molecular weight excluding hydrogens is 274 g/mol. The van der Waals surface area contributed by atoms with Gasteiger partial charge in [-0.3, -0.25) is 4.79 Å². The molecule has 0 aliphatic carbocycles. The second kappa shape index (κ2) is 6.75. The van der Waals surface area contributed by atoms with E-state index in [4.69, 9.17) is 11.6 Å². The molecule has 0 aliphatic rings. The molecule has 0 bridgehead atoms. The van der Waals surface area contributed by atoms with Crippen molar-refractivity contribution in [1.29, 1.82) is 0 Å². The highest BCUT2D eigenvalue weighted by atomic mass is 35.5. The van der Waals surface area contributed by atoms with Crippen LogP contribution in [0, 0.1) is 0 Å². The summed E-state index contributed by atoms with van der Waals surface area (Å²) in [5.74, 6) is -1.00. The quantitative estimate of drug-likeness (QED) is 0.815. The summed E-state index contributed by atoms with van der Waals surface area (Å²) in [6, 6.07) is 5.78. The van der Waals surface area contributed by atoms with Crippen LogP contribution in [0.15, 0.2) is 29.2 Å². The van der Waals surface area contributed by atoms with Crippen LogP contribution < -0.4 is 5.32 Å². The number of rotatable bonds is 6. The van der Waals surface area contributed by atoms with Gasteiger partial charge in [0.15, 0.2) is 9.84 Å². The molecule has 1 N–H and O–H groups in total. The lowest BCUT2D eigenvalue weighted by atomic mass is 10.3. The van der Waals surface area contributed by atoms with Gasteiger partial charge in [0.05, 0.1) is 4.90 Å². The van der Waals surface area contributed by atoms with Crippen molar-refractivity contribution in [2.24, 2.45) is 0 Å². The first-order valence-electron chi connectivity index (χ1n) is 5.70. The van der Waals surface area contributed by atoms with Gasteiger partial charge >= 0.3 is 0 Å². The second-order valence-electron chi connectivity index (χ2n) is 3.92. The van der Waals surface area contributed by atoms with Crippen molar-refractivity contribution in [1.82, 2.24) is 5.32 Å². The minimum atomic E-state index is -3.58. The number of halogens is 1.